The van der Waals surface area contributed by atoms with Crippen molar-refractivity contribution < 1.29 is 0 Å². The molecule has 1 atom stereocenters. The van der Waals surface area contributed by atoms with E-state index < -0.39 is 0 Å². The van der Waals surface area contributed by atoms with Crippen molar-refractivity contribution in [1.29, 1.82) is 5.26 Å². The molecular formula is C11H12ClNS. The highest BCUT2D eigenvalue weighted by molar-refractivity contribution is 8.00. The molecule has 0 radical (unpaired) electrons. The van der Waals surface area contributed by atoms with Crippen LogP contribution in [0.2, 0.25) is 0 Å². The van der Waals surface area contributed by atoms with Gasteiger partial charge >= 0.3 is 0 Å². The molecule has 0 aliphatic carbocycles. The van der Waals surface area contributed by atoms with Crippen LogP contribution in [-0.2, 0) is 0 Å². The van der Waals surface area contributed by atoms with Gasteiger partial charge in [0.15, 0.2) is 0 Å². The summed E-state index contributed by atoms with van der Waals surface area (Å²) in [5.74, 6) is 0.643. The largest absolute Gasteiger partial charge is 0.192 e. The highest BCUT2D eigenvalue weighted by Gasteiger charge is 2.05. The van der Waals surface area contributed by atoms with E-state index in [1.807, 2.05) is 25.1 Å². The van der Waals surface area contributed by atoms with E-state index in [0.29, 0.717) is 16.7 Å². The summed E-state index contributed by atoms with van der Waals surface area (Å²) in [6, 6.07) is 7.86. The average Bonchev–Trinajstić information content (AvgIpc) is 2.20. The van der Waals surface area contributed by atoms with Crippen molar-refractivity contribution in [2.45, 2.75) is 24.0 Å². The molecule has 1 nitrogen and oxygen atoms in total. The van der Waals surface area contributed by atoms with Crippen LogP contribution in [0.25, 0.3) is 0 Å². The van der Waals surface area contributed by atoms with Gasteiger partial charge < -0.3 is 0 Å². The highest BCUT2D eigenvalue weighted by Crippen LogP contribution is 2.27. The number of thioether (sulfide) groups is 1. The summed E-state index contributed by atoms with van der Waals surface area (Å²) in [7, 11) is 0. The van der Waals surface area contributed by atoms with Gasteiger partial charge in [0, 0.05) is 16.0 Å². The molecule has 1 unspecified atom stereocenters. The Balaban J connectivity index is 2.85. The maximum atomic E-state index is 8.70. The van der Waals surface area contributed by atoms with Crippen LogP contribution in [0.5, 0.6) is 0 Å². The third-order valence-electron chi connectivity index (χ3n) is 1.85. The fourth-order valence-electron chi connectivity index (χ4n) is 1.10. The van der Waals surface area contributed by atoms with Crippen molar-refractivity contribution in [2.24, 2.45) is 0 Å². The fourth-order valence-corrected chi connectivity index (χ4v) is 2.18. The molecule has 0 bridgehead atoms. The third kappa shape index (κ3) is 2.94. The van der Waals surface area contributed by atoms with Crippen molar-refractivity contribution >= 4 is 23.4 Å². The Morgan fingerprint density at radius 2 is 2.29 bits per heavy atom. The zero-order valence-electron chi connectivity index (χ0n) is 8.25. The van der Waals surface area contributed by atoms with Gasteiger partial charge in [-0.05, 0) is 30.7 Å². The molecule has 0 saturated heterocycles. The predicted octanol–water partition coefficient (Wildman–Crippen LogP) is 3.59. The number of hydrogen-bond donors (Lipinski definition) is 0. The van der Waals surface area contributed by atoms with Crippen LogP contribution in [0.4, 0.5) is 0 Å². The lowest BCUT2D eigenvalue weighted by atomic mass is 10.2. The summed E-state index contributed by atoms with van der Waals surface area (Å²) in [5, 5.41) is 9.11. The Morgan fingerprint density at radius 3 is 2.79 bits per heavy atom. The number of benzene rings is 1. The fraction of sp³-hybridized carbons (Fsp3) is 0.364. The monoisotopic (exact) mass is 225 g/mol. The maximum Gasteiger partial charge on any atom is 0.0991 e. The third-order valence-corrected chi connectivity index (χ3v) is 3.78. The molecule has 0 spiro atoms. The van der Waals surface area contributed by atoms with Crippen molar-refractivity contribution in [3.8, 4) is 6.07 Å². The van der Waals surface area contributed by atoms with Gasteiger partial charge in [-0.2, -0.15) is 5.26 Å². The first-order valence-corrected chi connectivity index (χ1v) is 5.82. The number of hydrogen-bond acceptors (Lipinski definition) is 2. The van der Waals surface area contributed by atoms with E-state index in [0.717, 1.165) is 5.56 Å². The van der Waals surface area contributed by atoms with Gasteiger partial charge in [-0.15, -0.1) is 23.4 Å². The van der Waals surface area contributed by atoms with E-state index in [9.17, 15) is 0 Å². The van der Waals surface area contributed by atoms with Gasteiger partial charge in [0.05, 0.1) is 11.6 Å². The van der Waals surface area contributed by atoms with E-state index in [-0.39, 0.29) is 0 Å². The smallest absolute Gasteiger partial charge is 0.0991 e. The molecule has 0 aliphatic heterocycles. The summed E-state index contributed by atoms with van der Waals surface area (Å²) in [5.41, 5.74) is 1.86. The Hall–Kier alpha value is -0.650. The van der Waals surface area contributed by atoms with Gasteiger partial charge in [-0.1, -0.05) is 6.92 Å². The van der Waals surface area contributed by atoms with Crippen LogP contribution in [0.1, 0.15) is 18.1 Å². The zero-order chi connectivity index (χ0) is 10.6. The Bertz CT molecular complexity index is 357. The maximum absolute atomic E-state index is 8.70. The lowest BCUT2D eigenvalue weighted by Crippen LogP contribution is -1.97. The van der Waals surface area contributed by atoms with Gasteiger partial charge in [-0.25, -0.2) is 0 Å². The van der Waals surface area contributed by atoms with Crippen LogP contribution in [0.3, 0.4) is 0 Å². The minimum atomic E-state index is 0.406. The van der Waals surface area contributed by atoms with E-state index in [4.69, 9.17) is 16.9 Å². The second kappa shape index (κ2) is 5.29. The summed E-state index contributed by atoms with van der Waals surface area (Å²) in [6.07, 6.45) is 0. The van der Waals surface area contributed by atoms with E-state index in [2.05, 4.69) is 13.0 Å². The molecule has 1 rings (SSSR count). The number of alkyl halides is 1. The Kier molecular flexibility index (Phi) is 4.31. The molecule has 1 aromatic rings. The molecule has 14 heavy (non-hydrogen) atoms. The molecule has 1 aromatic carbocycles. The topological polar surface area (TPSA) is 23.8 Å². The Labute approximate surface area is 94.1 Å². The number of nitriles is 1. The van der Waals surface area contributed by atoms with Crippen LogP contribution in [-0.4, -0.2) is 11.1 Å². The quantitative estimate of drug-likeness (QED) is 0.580. The first kappa shape index (κ1) is 11.4. The molecule has 0 heterocycles. The minimum Gasteiger partial charge on any atom is -0.192 e. The van der Waals surface area contributed by atoms with Crippen molar-refractivity contribution in [2.75, 3.05) is 5.88 Å². The standard InChI is InChI=1S/C11H12ClNS/c1-8-5-10(7-13)3-4-11(8)14-9(2)6-12/h3-5,9H,6H2,1-2H3. The van der Waals surface area contributed by atoms with Crippen LogP contribution >= 0.6 is 23.4 Å². The molecule has 0 aromatic heterocycles. The van der Waals surface area contributed by atoms with Crippen LogP contribution in [0, 0.1) is 18.3 Å². The SMILES string of the molecule is Cc1cc(C#N)ccc1SC(C)CCl. The highest BCUT2D eigenvalue weighted by atomic mass is 35.5. The Morgan fingerprint density at radius 1 is 1.57 bits per heavy atom. The first-order valence-electron chi connectivity index (χ1n) is 4.40. The molecule has 0 fully saturated rings. The van der Waals surface area contributed by atoms with E-state index in [1.165, 1.54) is 4.90 Å². The van der Waals surface area contributed by atoms with Crippen molar-refractivity contribution in [3.63, 3.8) is 0 Å². The average molecular weight is 226 g/mol. The van der Waals surface area contributed by atoms with Gasteiger partial charge in [0.2, 0.25) is 0 Å². The second-order valence-electron chi connectivity index (χ2n) is 3.17. The summed E-state index contributed by atoms with van der Waals surface area (Å²) < 4.78 is 0. The lowest BCUT2D eigenvalue weighted by molar-refractivity contribution is 1.11. The minimum absolute atomic E-state index is 0.406. The summed E-state index contributed by atoms with van der Waals surface area (Å²) >= 11 is 7.49. The number of nitrogens with zero attached hydrogens (tertiary/aromatic N) is 1. The van der Waals surface area contributed by atoms with Gasteiger partial charge in [0.25, 0.3) is 0 Å². The lowest BCUT2D eigenvalue weighted by Gasteiger charge is -2.09. The molecular weight excluding hydrogens is 214 g/mol. The van der Waals surface area contributed by atoms with Crippen molar-refractivity contribution in [3.05, 3.63) is 29.3 Å². The van der Waals surface area contributed by atoms with Crippen LogP contribution in [0.15, 0.2) is 23.1 Å². The summed E-state index contributed by atoms with van der Waals surface area (Å²) in [6.45, 7) is 4.11. The zero-order valence-corrected chi connectivity index (χ0v) is 9.82. The molecule has 0 N–H and O–H groups in total. The van der Waals surface area contributed by atoms with E-state index >= 15 is 0 Å². The van der Waals surface area contributed by atoms with Gasteiger partial charge in [-0.3, -0.25) is 0 Å². The molecule has 0 amide bonds. The first-order chi connectivity index (χ1) is 6.67. The van der Waals surface area contributed by atoms with E-state index in [1.54, 1.807) is 11.8 Å². The molecule has 3 heteroatoms. The number of rotatable bonds is 3. The normalized spacial score (nSPS) is 12.1. The predicted molar refractivity (Wildman–Crippen MR) is 61.9 cm³/mol. The van der Waals surface area contributed by atoms with Crippen molar-refractivity contribution in [1.82, 2.24) is 0 Å². The van der Waals surface area contributed by atoms with Gasteiger partial charge in [0.1, 0.15) is 0 Å². The van der Waals surface area contributed by atoms with Crippen LogP contribution < -0.4 is 0 Å². The second-order valence-corrected chi connectivity index (χ2v) is 4.96. The molecule has 0 aliphatic rings. The molecule has 0 saturated carbocycles. The number of halogens is 1. The molecule has 74 valence electrons. The summed E-state index contributed by atoms with van der Waals surface area (Å²) in [4.78, 5) is 1.21. The number of aryl methyl sites for hydroxylation is 1.